The van der Waals surface area contributed by atoms with Gasteiger partial charge in [-0.15, -0.1) is 0 Å². The van der Waals surface area contributed by atoms with Crippen LogP contribution < -0.4 is 5.32 Å². The molecule has 2 heterocycles. The molecule has 1 fully saturated rings. The monoisotopic (exact) mass is 348 g/mol. The van der Waals surface area contributed by atoms with Crippen molar-refractivity contribution < 1.29 is 4.74 Å². The summed E-state index contributed by atoms with van der Waals surface area (Å²) in [7, 11) is 0. The Kier molecular flexibility index (Phi) is 5.89. The van der Waals surface area contributed by atoms with Gasteiger partial charge in [-0.3, -0.25) is 10.00 Å². The molecule has 0 aliphatic carbocycles. The third kappa shape index (κ3) is 3.98. The van der Waals surface area contributed by atoms with Crippen molar-refractivity contribution in [3.8, 4) is 0 Å². The Bertz CT molecular complexity index is 654. The highest BCUT2D eigenvalue weighted by Crippen LogP contribution is 2.28. The van der Waals surface area contributed by atoms with Crippen molar-refractivity contribution in [2.45, 2.75) is 25.9 Å². The Morgan fingerprint density at radius 3 is 2.71 bits per heavy atom. The lowest BCUT2D eigenvalue weighted by atomic mass is 10.0. The zero-order valence-electron chi connectivity index (χ0n) is 14.3. The number of halogens is 1. The molecule has 6 heteroatoms. The van der Waals surface area contributed by atoms with E-state index in [9.17, 15) is 0 Å². The third-order valence-corrected chi connectivity index (χ3v) is 5.05. The molecule has 1 aromatic carbocycles. The second kappa shape index (κ2) is 8.12. The molecule has 1 saturated heterocycles. The van der Waals surface area contributed by atoms with Crippen molar-refractivity contribution >= 4 is 11.6 Å². The first-order valence-electron chi connectivity index (χ1n) is 8.46. The fourth-order valence-corrected chi connectivity index (χ4v) is 3.53. The van der Waals surface area contributed by atoms with Crippen molar-refractivity contribution in [1.82, 2.24) is 20.4 Å². The summed E-state index contributed by atoms with van der Waals surface area (Å²) in [6, 6.07) is 8.59. The molecule has 0 spiro atoms. The lowest BCUT2D eigenvalue weighted by Gasteiger charge is -2.36. The lowest BCUT2D eigenvalue weighted by molar-refractivity contribution is 0.0157. The van der Waals surface area contributed by atoms with E-state index in [4.69, 9.17) is 16.3 Å². The van der Waals surface area contributed by atoms with E-state index in [1.54, 1.807) is 0 Å². The topological polar surface area (TPSA) is 53.2 Å². The van der Waals surface area contributed by atoms with E-state index in [-0.39, 0.29) is 12.1 Å². The summed E-state index contributed by atoms with van der Waals surface area (Å²) in [5.74, 6) is 0. The maximum atomic E-state index is 6.48. The lowest BCUT2D eigenvalue weighted by Crippen LogP contribution is -2.43. The minimum Gasteiger partial charge on any atom is -0.379 e. The molecule has 3 rings (SSSR count). The molecular weight excluding hydrogens is 324 g/mol. The molecule has 0 bridgehead atoms. The van der Waals surface area contributed by atoms with E-state index in [0.29, 0.717) is 0 Å². The van der Waals surface area contributed by atoms with Crippen molar-refractivity contribution in [2.24, 2.45) is 0 Å². The third-order valence-electron chi connectivity index (χ3n) is 4.70. The van der Waals surface area contributed by atoms with Crippen LogP contribution in [0.25, 0.3) is 0 Å². The first-order valence-corrected chi connectivity index (χ1v) is 8.84. The molecule has 1 aliphatic heterocycles. The average molecular weight is 349 g/mol. The minimum atomic E-state index is 0.231. The van der Waals surface area contributed by atoms with Crippen molar-refractivity contribution in [3.05, 3.63) is 52.3 Å². The van der Waals surface area contributed by atoms with E-state index in [1.165, 1.54) is 11.1 Å². The summed E-state index contributed by atoms with van der Waals surface area (Å²) >= 11 is 6.48. The van der Waals surface area contributed by atoms with Gasteiger partial charge in [0.15, 0.2) is 0 Å². The van der Waals surface area contributed by atoms with E-state index in [1.807, 2.05) is 25.3 Å². The first-order chi connectivity index (χ1) is 11.7. The van der Waals surface area contributed by atoms with Gasteiger partial charge in [0.2, 0.25) is 0 Å². The molecule has 24 heavy (non-hydrogen) atoms. The van der Waals surface area contributed by atoms with Crippen LogP contribution in [0.1, 0.15) is 35.8 Å². The summed E-state index contributed by atoms with van der Waals surface area (Å²) in [5, 5.41) is 11.6. The molecule has 1 aliphatic rings. The molecule has 2 atom stereocenters. The van der Waals surface area contributed by atoms with Crippen LogP contribution in [0.3, 0.4) is 0 Å². The number of ether oxygens (including phenoxy) is 1. The highest BCUT2D eigenvalue weighted by molar-refractivity contribution is 6.31. The zero-order valence-corrected chi connectivity index (χ0v) is 15.0. The van der Waals surface area contributed by atoms with Crippen molar-refractivity contribution in [1.29, 1.82) is 0 Å². The van der Waals surface area contributed by atoms with Crippen LogP contribution in [0.2, 0.25) is 5.02 Å². The van der Waals surface area contributed by atoms with Crippen LogP contribution in [0.5, 0.6) is 0 Å². The molecule has 130 valence electrons. The van der Waals surface area contributed by atoms with Crippen LogP contribution in [0.4, 0.5) is 0 Å². The number of aromatic amines is 1. The first kappa shape index (κ1) is 17.4. The number of benzene rings is 1. The number of hydrogen-bond donors (Lipinski definition) is 2. The van der Waals surface area contributed by atoms with Gasteiger partial charge in [-0.05, 0) is 25.5 Å². The summed E-state index contributed by atoms with van der Waals surface area (Å²) in [6.07, 6.45) is 1.90. The maximum absolute atomic E-state index is 6.48. The van der Waals surface area contributed by atoms with Gasteiger partial charge in [0.25, 0.3) is 0 Å². The fourth-order valence-electron chi connectivity index (χ4n) is 3.27. The molecule has 0 amide bonds. The molecule has 0 radical (unpaired) electrons. The number of aromatic nitrogens is 2. The Labute approximate surface area is 148 Å². The van der Waals surface area contributed by atoms with Gasteiger partial charge in [0.1, 0.15) is 0 Å². The number of aryl methyl sites for hydroxylation is 1. The van der Waals surface area contributed by atoms with Gasteiger partial charge in [-0.2, -0.15) is 5.10 Å². The summed E-state index contributed by atoms with van der Waals surface area (Å²) < 4.78 is 5.51. The number of H-pyrrole nitrogens is 1. The maximum Gasteiger partial charge on any atom is 0.0594 e. The quantitative estimate of drug-likeness (QED) is 0.842. The average Bonchev–Trinajstić information content (AvgIpc) is 3.03. The van der Waals surface area contributed by atoms with Gasteiger partial charge < -0.3 is 10.1 Å². The van der Waals surface area contributed by atoms with E-state index < -0.39 is 0 Å². The summed E-state index contributed by atoms with van der Waals surface area (Å²) in [5.41, 5.74) is 3.48. The standard InChI is InChI=1S/C18H25ClN4O/c1-13(16-11-21-22-14(16)2)20-12-18(23-7-9-24-10-8-23)15-5-3-4-6-17(15)19/h3-6,11,13,18,20H,7-10,12H2,1-2H3,(H,21,22). The van der Waals surface area contributed by atoms with Crippen LogP contribution in [0.15, 0.2) is 30.5 Å². The molecular formula is C18H25ClN4O. The molecule has 2 aromatic rings. The van der Waals surface area contributed by atoms with E-state index in [0.717, 1.165) is 43.6 Å². The van der Waals surface area contributed by atoms with Crippen LogP contribution in [0, 0.1) is 6.92 Å². The second-order valence-electron chi connectivity index (χ2n) is 6.27. The smallest absolute Gasteiger partial charge is 0.0594 e. The number of morpholine rings is 1. The summed E-state index contributed by atoms with van der Waals surface area (Å²) in [6.45, 7) is 8.45. The van der Waals surface area contributed by atoms with Gasteiger partial charge in [0.05, 0.1) is 19.4 Å². The van der Waals surface area contributed by atoms with Crippen LogP contribution in [-0.4, -0.2) is 47.9 Å². The predicted molar refractivity (Wildman–Crippen MR) is 96.3 cm³/mol. The summed E-state index contributed by atoms with van der Waals surface area (Å²) in [4.78, 5) is 2.45. The molecule has 1 aromatic heterocycles. The van der Waals surface area contributed by atoms with E-state index in [2.05, 4.69) is 39.5 Å². The van der Waals surface area contributed by atoms with Crippen LogP contribution in [-0.2, 0) is 4.74 Å². The number of nitrogens with zero attached hydrogens (tertiary/aromatic N) is 2. The van der Waals surface area contributed by atoms with Gasteiger partial charge in [0, 0.05) is 48.0 Å². The molecule has 2 unspecified atom stereocenters. The number of hydrogen-bond acceptors (Lipinski definition) is 4. The van der Waals surface area contributed by atoms with Crippen molar-refractivity contribution in [3.63, 3.8) is 0 Å². The Morgan fingerprint density at radius 1 is 1.29 bits per heavy atom. The molecule has 2 N–H and O–H groups in total. The Hall–Kier alpha value is -1.40. The van der Waals surface area contributed by atoms with Crippen LogP contribution >= 0.6 is 11.6 Å². The largest absolute Gasteiger partial charge is 0.379 e. The van der Waals surface area contributed by atoms with Gasteiger partial charge in [-0.1, -0.05) is 29.8 Å². The highest BCUT2D eigenvalue weighted by Gasteiger charge is 2.25. The van der Waals surface area contributed by atoms with Crippen molar-refractivity contribution in [2.75, 3.05) is 32.8 Å². The Morgan fingerprint density at radius 2 is 2.04 bits per heavy atom. The van der Waals surface area contributed by atoms with Gasteiger partial charge in [-0.25, -0.2) is 0 Å². The fraction of sp³-hybridized carbons (Fsp3) is 0.500. The van der Waals surface area contributed by atoms with E-state index >= 15 is 0 Å². The minimum absolute atomic E-state index is 0.231. The number of rotatable bonds is 6. The highest BCUT2D eigenvalue weighted by atomic mass is 35.5. The molecule has 5 nitrogen and oxygen atoms in total. The predicted octanol–water partition coefficient (Wildman–Crippen LogP) is 3.10. The normalized spacial score (nSPS) is 18.5. The zero-order chi connectivity index (χ0) is 16.9. The SMILES string of the molecule is Cc1[nH]ncc1C(C)NCC(c1ccccc1Cl)N1CCOCC1. The van der Waals surface area contributed by atoms with Gasteiger partial charge >= 0.3 is 0 Å². The molecule has 0 saturated carbocycles. The Balaban J connectivity index is 1.75. The number of nitrogens with one attached hydrogen (secondary N) is 2. The second-order valence-corrected chi connectivity index (χ2v) is 6.67.